The van der Waals surface area contributed by atoms with Crippen molar-refractivity contribution in [2.75, 3.05) is 0 Å². The number of hydrogen-bond acceptors (Lipinski definition) is 2. The van der Waals surface area contributed by atoms with Gasteiger partial charge < -0.3 is 5.11 Å². The zero-order valence-corrected chi connectivity index (χ0v) is 11.1. The summed E-state index contributed by atoms with van der Waals surface area (Å²) < 4.78 is 0. The van der Waals surface area contributed by atoms with Crippen molar-refractivity contribution in [1.29, 1.82) is 0 Å². The average molecular weight is 247 g/mol. The van der Waals surface area contributed by atoms with Crippen LogP contribution in [0.4, 0.5) is 0 Å². The quantitative estimate of drug-likeness (QED) is 0.889. The van der Waals surface area contributed by atoms with E-state index < -0.39 is 11.4 Å². The number of hydrogen-bond donors (Lipinski definition) is 1. The van der Waals surface area contributed by atoms with Crippen LogP contribution >= 0.6 is 0 Å². The second kappa shape index (κ2) is 5.09. The minimum atomic E-state index is -0.647. The van der Waals surface area contributed by atoms with Gasteiger partial charge in [-0.2, -0.15) is 0 Å². The molecule has 1 saturated carbocycles. The lowest BCUT2D eigenvalue weighted by atomic mass is 9.59. The third-order valence-corrected chi connectivity index (χ3v) is 4.47. The van der Waals surface area contributed by atoms with Crippen molar-refractivity contribution in [3.8, 4) is 0 Å². The molecular weight excluding hydrogens is 226 g/mol. The third-order valence-electron chi connectivity index (χ3n) is 4.47. The molecule has 3 heteroatoms. The largest absolute Gasteiger partial charge is 0.481 e. The van der Waals surface area contributed by atoms with Crippen LogP contribution in [-0.2, 0) is 4.79 Å². The number of carbonyl (C=O) groups is 1. The monoisotopic (exact) mass is 247 g/mol. The molecule has 0 amide bonds. The van der Waals surface area contributed by atoms with Crippen LogP contribution in [-0.4, -0.2) is 16.1 Å². The molecule has 2 unspecified atom stereocenters. The van der Waals surface area contributed by atoms with E-state index in [4.69, 9.17) is 0 Å². The molecule has 0 bridgehead atoms. The standard InChI is InChI=1S/C15H21NO2/c1-11(2)15(14(17)18)8-4-3-7-13(15)12-6-5-9-16-10-12/h5-6,9-11,13H,3-4,7-8H2,1-2H3,(H,17,18). The predicted octanol–water partition coefficient (Wildman–Crippen LogP) is 3.47. The van der Waals surface area contributed by atoms with Crippen molar-refractivity contribution >= 4 is 5.97 Å². The minimum Gasteiger partial charge on any atom is -0.481 e. The highest BCUT2D eigenvalue weighted by molar-refractivity contribution is 5.76. The van der Waals surface area contributed by atoms with Gasteiger partial charge in [0.15, 0.2) is 0 Å². The molecule has 1 heterocycles. The van der Waals surface area contributed by atoms with E-state index in [1.165, 1.54) is 0 Å². The lowest BCUT2D eigenvalue weighted by Gasteiger charge is -2.44. The lowest BCUT2D eigenvalue weighted by Crippen LogP contribution is -2.44. The van der Waals surface area contributed by atoms with Gasteiger partial charge in [-0.25, -0.2) is 0 Å². The maximum Gasteiger partial charge on any atom is 0.310 e. The Morgan fingerprint density at radius 2 is 2.28 bits per heavy atom. The minimum absolute atomic E-state index is 0.0949. The highest BCUT2D eigenvalue weighted by Crippen LogP contribution is 2.51. The molecule has 0 spiro atoms. The van der Waals surface area contributed by atoms with E-state index >= 15 is 0 Å². The Morgan fingerprint density at radius 1 is 1.50 bits per heavy atom. The molecule has 3 nitrogen and oxygen atoms in total. The third kappa shape index (κ3) is 2.02. The summed E-state index contributed by atoms with van der Waals surface area (Å²) in [6.07, 6.45) is 7.43. The first kappa shape index (κ1) is 13.1. The molecule has 0 saturated heterocycles. The maximum atomic E-state index is 11.9. The zero-order chi connectivity index (χ0) is 13.2. The predicted molar refractivity (Wildman–Crippen MR) is 70.4 cm³/mol. The Labute approximate surface area is 108 Å². The van der Waals surface area contributed by atoms with Crippen molar-refractivity contribution in [3.05, 3.63) is 30.1 Å². The molecule has 0 aliphatic heterocycles. The van der Waals surface area contributed by atoms with Gasteiger partial charge in [0, 0.05) is 18.3 Å². The summed E-state index contributed by atoms with van der Waals surface area (Å²) in [6, 6.07) is 3.92. The van der Waals surface area contributed by atoms with Crippen LogP contribution in [0.1, 0.15) is 51.0 Å². The molecule has 1 aromatic rings. The van der Waals surface area contributed by atoms with E-state index in [9.17, 15) is 9.90 Å². The number of rotatable bonds is 3. The van der Waals surface area contributed by atoms with Crippen LogP contribution in [0.2, 0.25) is 0 Å². The van der Waals surface area contributed by atoms with Gasteiger partial charge in [0.05, 0.1) is 5.41 Å². The number of aromatic nitrogens is 1. The normalized spacial score (nSPS) is 28.3. The highest BCUT2D eigenvalue weighted by atomic mass is 16.4. The van der Waals surface area contributed by atoms with Crippen LogP contribution in [0.25, 0.3) is 0 Å². The van der Waals surface area contributed by atoms with Gasteiger partial charge in [0.25, 0.3) is 0 Å². The summed E-state index contributed by atoms with van der Waals surface area (Å²) in [5, 5.41) is 9.77. The number of carboxylic acid groups (broad SMARTS) is 1. The van der Waals surface area contributed by atoms with Gasteiger partial charge in [0.1, 0.15) is 0 Å². The highest BCUT2D eigenvalue weighted by Gasteiger charge is 2.50. The Kier molecular flexibility index (Phi) is 3.69. The first-order valence-corrected chi connectivity index (χ1v) is 6.72. The molecule has 1 aromatic heterocycles. The molecule has 2 rings (SSSR count). The summed E-state index contributed by atoms with van der Waals surface area (Å²) in [4.78, 5) is 16.0. The molecule has 0 radical (unpaired) electrons. The van der Waals surface area contributed by atoms with E-state index in [0.717, 1.165) is 31.2 Å². The molecule has 1 aliphatic carbocycles. The van der Waals surface area contributed by atoms with Gasteiger partial charge >= 0.3 is 5.97 Å². The number of aliphatic carboxylic acids is 1. The molecule has 2 atom stereocenters. The Balaban J connectivity index is 2.45. The summed E-state index contributed by atoms with van der Waals surface area (Å²) in [7, 11) is 0. The van der Waals surface area contributed by atoms with Gasteiger partial charge in [-0.3, -0.25) is 9.78 Å². The Morgan fingerprint density at radius 3 is 2.83 bits per heavy atom. The van der Waals surface area contributed by atoms with Crippen molar-refractivity contribution < 1.29 is 9.90 Å². The van der Waals surface area contributed by atoms with Gasteiger partial charge in [0.2, 0.25) is 0 Å². The molecule has 0 aromatic carbocycles. The van der Waals surface area contributed by atoms with Crippen LogP contribution in [0.3, 0.4) is 0 Å². The smallest absolute Gasteiger partial charge is 0.310 e. The molecule has 18 heavy (non-hydrogen) atoms. The lowest BCUT2D eigenvalue weighted by molar-refractivity contribution is -0.156. The second-order valence-electron chi connectivity index (χ2n) is 5.58. The summed E-state index contributed by atoms with van der Waals surface area (Å²) in [6.45, 7) is 4.06. The topological polar surface area (TPSA) is 50.2 Å². The van der Waals surface area contributed by atoms with Crippen molar-refractivity contribution in [2.45, 2.75) is 45.4 Å². The first-order chi connectivity index (χ1) is 8.59. The number of pyridine rings is 1. The Hall–Kier alpha value is -1.38. The van der Waals surface area contributed by atoms with Crippen LogP contribution in [0, 0.1) is 11.3 Å². The maximum absolute atomic E-state index is 11.9. The first-order valence-electron chi connectivity index (χ1n) is 6.72. The summed E-state index contributed by atoms with van der Waals surface area (Å²) >= 11 is 0. The Bertz CT molecular complexity index is 416. The van der Waals surface area contributed by atoms with E-state index in [1.807, 2.05) is 32.2 Å². The van der Waals surface area contributed by atoms with Gasteiger partial charge in [-0.15, -0.1) is 0 Å². The fourth-order valence-corrected chi connectivity index (χ4v) is 3.44. The van der Waals surface area contributed by atoms with Crippen LogP contribution in [0.5, 0.6) is 0 Å². The SMILES string of the molecule is CC(C)C1(C(=O)O)CCCCC1c1cccnc1. The van der Waals surface area contributed by atoms with E-state index in [-0.39, 0.29) is 11.8 Å². The van der Waals surface area contributed by atoms with Gasteiger partial charge in [-0.05, 0) is 30.4 Å². The van der Waals surface area contributed by atoms with Crippen molar-refractivity contribution in [3.63, 3.8) is 0 Å². The number of carboxylic acids is 1. The van der Waals surface area contributed by atoms with Crippen molar-refractivity contribution in [2.24, 2.45) is 11.3 Å². The average Bonchev–Trinajstić information content (AvgIpc) is 2.39. The van der Waals surface area contributed by atoms with Gasteiger partial charge in [-0.1, -0.05) is 32.8 Å². The molecule has 1 fully saturated rings. The van der Waals surface area contributed by atoms with Crippen LogP contribution < -0.4 is 0 Å². The summed E-state index contributed by atoms with van der Waals surface area (Å²) in [5.41, 5.74) is 0.453. The van der Waals surface area contributed by atoms with E-state index in [1.54, 1.807) is 6.20 Å². The fourth-order valence-electron chi connectivity index (χ4n) is 3.44. The molecular formula is C15H21NO2. The number of nitrogens with zero attached hydrogens (tertiary/aromatic N) is 1. The summed E-state index contributed by atoms with van der Waals surface area (Å²) in [5.74, 6) is -0.413. The van der Waals surface area contributed by atoms with Crippen LogP contribution in [0.15, 0.2) is 24.5 Å². The second-order valence-corrected chi connectivity index (χ2v) is 5.58. The molecule has 1 aliphatic rings. The zero-order valence-electron chi connectivity index (χ0n) is 11.1. The van der Waals surface area contributed by atoms with Crippen molar-refractivity contribution in [1.82, 2.24) is 4.98 Å². The van der Waals surface area contributed by atoms with E-state index in [2.05, 4.69) is 4.98 Å². The fraction of sp³-hybridized carbons (Fsp3) is 0.600. The molecule has 98 valence electrons. The molecule has 1 N–H and O–H groups in total. The van der Waals surface area contributed by atoms with E-state index in [0.29, 0.717) is 0 Å².